The molecule has 1 atom stereocenters. The Bertz CT molecular complexity index is 920. The number of nitrogens with one attached hydrogen (secondary N) is 2. The second kappa shape index (κ2) is 8.19. The Balaban J connectivity index is 1.51. The normalized spacial score (nSPS) is 19.8. The molecule has 6 heteroatoms. The molecule has 28 heavy (non-hydrogen) atoms. The van der Waals surface area contributed by atoms with E-state index in [4.69, 9.17) is 9.15 Å². The lowest BCUT2D eigenvalue weighted by Crippen LogP contribution is -2.37. The Morgan fingerprint density at radius 2 is 2.00 bits per heavy atom. The molecule has 1 aliphatic heterocycles. The molecular weight excluding hydrogens is 356 g/mol. The van der Waals surface area contributed by atoms with E-state index in [1.54, 1.807) is 25.1 Å². The topological polar surface area (TPSA) is 80.6 Å². The van der Waals surface area contributed by atoms with Crippen molar-refractivity contribution in [2.45, 2.75) is 51.5 Å². The van der Waals surface area contributed by atoms with Crippen molar-refractivity contribution in [1.82, 2.24) is 5.32 Å². The number of carbonyl (C=O) groups excluding carboxylic acids is 2. The van der Waals surface area contributed by atoms with E-state index in [2.05, 4.69) is 10.6 Å². The third-order valence-corrected chi connectivity index (χ3v) is 5.53. The molecule has 0 unspecified atom stereocenters. The van der Waals surface area contributed by atoms with Crippen LogP contribution in [0.25, 0.3) is 11.0 Å². The van der Waals surface area contributed by atoms with Crippen molar-refractivity contribution in [3.05, 3.63) is 41.2 Å². The van der Waals surface area contributed by atoms with Gasteiger partial charge in [-0.2, -0.15) is 0 Å². The number of benzene rings is 1. The largest absolute Gasteiger partial charge is 0.460 e. The van der Waals surface area contributed by atoms with Gasteiger partial charge in [0.05, 0.1) is 6.61 Å². The Labute approximate surface area is 164 Å². The van der Waals surface area contributed by atoms with Gasteiger partial charge in [-0.05, 0) is 75.4 Å². The van der Waals surface area contributed by atoms with Gasteiger partial charge in [-0.15, -0.1) is 0 Å². The summed E-state index contributed by atoms with van der Waals surface area (Å²) in [5.41, 5.74) is 4.03. The van der Waals surface area contributed by atoms with E-state index in [9.17, 15) is 9.59 Å². The van der Waals surface area contributed by atoms with E-state index in [1.165, 1.54) is 30.4 Å². The maximum atomic E-state index is 12.9. The van der Waals surface area contributed by atoms with Gasteiger partial charge in [-0.1, -0.05) is 12.0 Å². The third-order valence-electron chi connectivity index (χ3n) is 5.53. The number of rotatable bonds is 4. The molecule has 2 heterocycles. The van der Waals surface area contributed by atoms with Crippen LogP contribution in [-0.2, 0) is 9.53 Å². The summed E-state index contributed by atoms with van der Waals surface area (Å²) in [7, 11) is 0. The maximum Gasteiger partial charge on any atom is 0.374 e. The first kappa shape index (κ1) is 18.7. The number of anilines is 1. The molecule has 1 aromatic heterocycles. The van der Waals surface area contributed by atoms with E-state index in [1.807, 2.05) is 6.07 Å². The van der Waals surface area contributed by atoms with E-state index >= 15 is 0 Å². The molecule has 6 nitrogen and oxygen atoms in total. The highest BCUT2D eigenvalue weighted by Crippen LogP contribution is 2.31. The minimum atomic E-state index is -0.483. The molecule has 2 aliphatic rings. The summed E-state index contributed by atoms with van der Waals surface area (Å²) in [5, 5.41) is 7.12. The molecule has 1 saturated heterocycles. The molecule has 0 spiro atoms. The molecule has 2 fully saturated rings. The van der Waals surface area contributed by atoms with Crippen molar-refractivity contribution >= 4 is 28.5 Å². The number of fused-ring (bicyclic) bond motifs is 1. The van der Waals surface area contributed by atoms with Crippen molar-refractivity contribution in [3.63, 3.8) is 0 Å². The van der Waals surface area contributed by atoms with Crippen LogP contribution in [0.2, 0.25) is 0 Å². The molecule has 148 valence electrons. The summed E-state index contributed by atoms with van der Waals surface area (Å²) in [6, 6.07) is 6.77. The van der Waals surface area contributed by atoms with Crippen LogP contribution in [0.3, 0.4) is 0 Å². The van der Waals surface area contributed by atoms with Crippen LogP contribution in [0.15, 0.2) is 39.8 Å². The van der Waals surface area contributed by atoms with Crippen molar-refractivity contribution in [2.24, 2.45) is 0 Å². The number of amides is 1. The second-order valence-corrected chi connectivity index (χ2v) is 7.40. The number of esters is 1. The summed E-state index contributed by atoms with van der Waals surface area (Å²) in [6.07, 6.45) is 6.95. The first-order chi connectivity index (χ1) is 13.7. The first-order valence-corrected chi connectivity index (χ1v) is 10.1. The Morgan fingerprint density at radius 3 is 2.79 bits per heavy atom. The Morgan fingerprint density at radius 1 is 1.18 bits per heavy atom. The minimum absolute atomic E-state index is 0.0287. The van der Waals surface area contributed by atoms with Crippen LogP contribution in [0.4, 0.5) is 5.69 Å². The summed E-state index contributed by atoms with van der Waals surface area (Å²) in [4.78, 5) is 24.7. The van der Waals surface area contributed by atoms with Gasteiger partial charge in [-0.3, -0.25) is 4.79 Å². The highest BCUT2D eigenvalue weighted by atomic mass is 16.5. The number of furan rings is 1. The SMILES string of the molecule is CCOC(=O)c1cc2cc(NC(=O)[C@H]3NCCC3=C3CCCCC3)ccc2o1. The predicted octanol–water partition coefficient (Wildman–Crippen LogP) is 4.17. The van der Waals surface area contributed by atoms with E-state index in [-0.39, 0.29) is 17.7 Å². The summed E-state index contributed by atoms with van der Waals surface area (Å²) < 4.78 is 10.5. The van der Waals surface area contributed by atoms with Crippen molar-refractivity contribution in [3.8, 4) is 0 Å². The van der Waals surface area contributed by atoms with Crippen molar-refractivity contribution in [2.75, 3.05) is 18.5 Å². The Hall–Kier alpha value is -2.60. The molecule has 1 aliphatic carbocycles. The molecule has 2 aromatic rings. The zero-order valence-electron chi connectivity index (χ0n) is 16.2. The molecule has 4 rings (SSSR count). The van der Waals surface area contributed by atoms with Gasteiger partial charge in [0.1, 0.15) is 11.6 Å². The average molecular weight is 382 g/mol. The van der Waals surface area contributed by atoms with Crippen LogP contribution in [0.1, 0.15) is 56.0 Å². The fraction of sp³-hybridized carbons (Fsp3) is 0.455. The molecule has 1 aromatic carbocycles. The lowest BCUT2D eigenvalue weighted by molar-refractivity contribution is -0.117. The monoisotopic (exact) mass is 382 g/mol. The van der Waals surface area contributed by atoms with Gasteiger partial charge in [0.15, 0.2) is 0 Å². The second-order valence-electron chi connectivity index (χ2n) is 7.40. The lowest BCUT2D eigenvalue weighted by Gasteiger charge is -2.20. The van der Waals surface area contributed by atoms with E-state index in [0.29, 0.717) is 17.9 Å². The van der Waals surface area contributed by atoms with Crippen LogP contribution < -0.4 is 10.6 Å². The van der Waals surface area contributed by atoms with Crippen LogP contribution in [0.5, 0.6) is 0 Å². The standard InChI is InChI=1S/C22H26N2O4/c1-2-27-22(26)19-13-15-12-16(8-9-18(15)28-19)24-21(25)20-17(10-11-23-20)14-6-4-3-5-7-14/h8-9,12-13,20,23H,2-7,10-11H2,1H3,(H,24,25)/t20-/m0/s1. The number of hydrogen-bond donors (Lipinski definition) is 2. The summed E-state index contributed by atoms with van der Waals surface area (Å²) in [5.74, 6) is -0.343. The van der Waals surface area contributed by atoms with E-state index in [0.717, 1.165) is 31.2 Å². The van der Waals surface area contributed by atoms with Gasteiger partial charge in [0.25, 0.3) is 0 Å². The van der Waals surface area contributed by atoms with Gasteiger partial charge >= 0.3 is 5.97 Å². The van der Waals surface area contributed by atoms with Crippen molar-refractivity contribution < 1.29 is 18.7 Å². The molecule has 1 amide bonds. The molecule has 0 radical (unpaired) electrons. The number of ether oxygens (including phenoxy) is 1. The zero-order valence-corrected chi connectivity index (χ0v) is 16.2. The maximum absolute atomic E-state index is 12.9. The van der Waals surface area contributed by atoms with Crippen molar-refractivity contribution in [1.29, 1.82) is 0 Å². The molecule has 0 bridgehead atoms. The fourth-order valence-electron chi connectivity index (χ4n) is 4.19. The van der Waals surface area contributed by atoms with Crippen LogP contribution in [-0.4, -0.2) is 31.1 Å². The highest BCUT2D eigenvalue weighted by molar-refractivity contribution is 5.99. The molecular formula is C22H26N2O4. The summed E-state index contributed by atoms with van der Waals surface area (Å²) in [6.45, 7) is 2.89. The smallest absolute Gasteiger partial charge is 0.374 e. The van der Waals surface area contributed by atoms with Gasteiger partial charge in [0, 0.05) is 11.1 Å². The lowest BCUT2D eigenvalue weighted by atomic mass is 9.88. The van der Waals surface area contributed by atoms with Gasteiger partial charge < -0.3 is 19.8 Å². The molecule has 1 saturated carbocycles. The highest BCUT2D eigenvalue weighted by Gasteiger charge is 2.30. The predicted molar refractivity (Wildman–Crippen MR) is 107 cm³/mol. The van der Waals surface area contributed by atoms with E-state index < -0.39 is 5.97 Å². The third kappa shape index (κ3) is 3.83. The first-order valence-electron chi connectivity index (χ1n) is 10.1. The quantitative estimate of drug-likeness (QED) is 0.613. The number of allylic oxidation sites excluding steroid dienone is 1. The minimum Gasteiger partial charge on any atom is -0.460 e. The summed E-state index contributed by atoms with van der Waals surface area (Å²) >= 11 is 0. The number of hydrogen-bond acceptors (Lipinski definition) is 5. The molecule has 2 N–H and O–H groups in total. The Kier molecular flexibility index (Phi) is 5.48. The van der Waals surface area contributed by atoms with Crippen LogP contribution >= 0.6 is 0 Å². The van der Waals surface area contributed by atoms with Gasteiger partial charge in [0.2, 0.25) is 11.7 Å². The average Bonchev–Trinajstić information content (AvgIpc) is 3.36. The zero-order chi connectivity index (χ0) is 19.5. The fourth-order valence-corrected chi connectivity index (χ4v) is 4.19. The number of carbonyl (C=O) groups is 2. The van der Waals surface area contributed by atoms with Gasteiger partial charge in [-0.25, -0.2) is 4.79 Å². The van der Waals surface area contributed by atoms with Crippen LogP contribution in [0, 0.1) is 0 Å².